The van der Waals surface area contributed by atoms with Crippen molar-refractivity contribution in [2.45, 2.75) is 6.54 Å². The minimum atomic E-state index is 0.552. The van der Waals surface area contributed by atoms with Gasteiger partial charge in [0.25, 0.3) is 0 Å². The zero-order valence-corrected chi connectivity index (χ0v) is 10.1. The lowest BCUT2D eigenvalue weighted by Gasteiger charge is -2.29. The molecule has 0 atom stereocenters. The number of pyridine rings is 1. The van der Waals surface area contributed by atoms with Crippen LogP contribution in [0.1, 0.15) is 5.56 Å². The normalized spacial score (nSPS) is 16.2. The first kappa shape index (κ1) is 12.3. The Morgan fingerprint density at radius 2 is 2.17 bits per heavy atom. The number of rotatable bonds is 2. The first-order valence-electron chi connectivity index (χ1n) is 5.94. The smallest absolute Gasteiger partial charge is 0.207 e. The van der Waals surface area contributed by atoms with E-state index in [-0.39, 0.29) is 0 Å². The van der Waals surface area contributed by atoms with Gasteiger partial charge in [-0.1, -0.05) is 0 Å². The largest absolute Gasteiger partial charge is 0.340 e. The highest BCUT2D eigenvalue weighted by Gasteiger charge is 2.13. The fourth-order valence-corrected chi connectivity index (χ4v) is 1.80. The Bertz CT molecular complexity index is 430. The molecule has 1 saturated heterocycles. The molecule has 94 valence electrons. The van der Waals surface area contributed by atoms with Crippen molar-refractivity contribution < 1.29 is 0 Å². The molecule has 6 heteroatoms. The standard InChI is InChI=1S/C12H16N6/c13-10-17-12(18-7-5-15-6-8-18)16-9-11-1-3-14-4-2-11/h1-4,15H,5-9H2,(H,16,17). The second-order valence-corrected chi connectivity index (χ2v) is 3.97. The van der Waals surface area contributed by atoms with E-state index in [4.69, 9.17) is 5.26 Å². The molecule has 0 saturated carbocycles. The van der Waals surface area contributed by atoms with E-state index in [1.807, 2.05) is 18.3 Å². The number of hydrogen-bond acceptors (Lipinski definition) is 4. The molecule has 0 amide bonds. The van der Waals surface area contributed by atoms with E-state index in [2.05, 4.69) is 25.5 Å². The van der Waals surface area contributed by atoms with Gasteiger partial charge in [-0.2, -0.15) is 5.26 Å². The maximum absolute atomic E-state index is 8.77. The molecule has 18 heavy (non-hydrogen) atoms. The average Bonchev–Trinajstić information content (AvgIpc) is 2.45. The highest BCUT2D eigenvalue weighted by atomic mass is 15.3. The lowest BCUT2D eigenvalue weighted by molar-refractivity contribution is 0.349. The zero-order chi connectivity index (χ0) is 12.6. The van der Waals surface area contributed by atoms with Crippen molar-refractivity contribution in [3.63, 3.8) is 0 Å². The van der Waals surface area contributed by atoms with Crippen LogP contribution in [-0.2, 0) is 6.54 Å². The molecule has 0 bridgehead atoms. The van der Waals surface area contributed by atoms with Gasteiger partial charge in [0.05, 0.1) is 6.54 Å². The Balaban J connectivity index is 2.02. The summed E-state index contributed by atoms with van der Waals surface area (Å²) in [6.45, 7) is 4.12. The van der Waals surface area contributed by atoms with E-state index in [0.717, 1.165) is 31.7 Å². The predicted octanol–water partition coefficient (Wildman–Crippen LogP) is -0.0865. The molecule has 2 N–H and O–H groups in total. The third kappa shape index (κ3) is 3.43. The van der Waals surface area contributed by atoms with Crippen LogP contribution in [0.4, 0.5) is 0 Å². The highest BCUT2D eigenvalue weighted by Crippen LogP contribution is 2.00. The second-order valence-electron chi connectivity index (χ2n) is 3.97. The Morgan fingerprint density at radius 3 is 2.83 bits per heavy atom. The summed E-state index contributed by atoms with van der Waals surface area (Å²) in [7, 11) is 0. The van der Waals surface area contributed by atoms with Gasteiger partial charge in [-0.05, 0) is 17.7 Å². The van der Waals surface area contributed by atoms with Crippen molar-refractivity contribution in [2.75, 3.05) is 26.2 Å². The summed E-state index contributed by atoms with van der Waals surface area (Å²) in [6, 6.07) is 3.84. The van der Waals surface area contributed by atoms with Gasteiger partial charge in [-0.25, -0.2) is 4.99 Å². The van der Waals surface area contributed by atoms with Crippen molar-refractivity contribution >= 4 is 5.96 Å². The second kappa shape index (κ2) is 6.57. The van der Waals surface area contributed by atoms with E-state index in [0.29, 0.717) is 12.5 Å². The summed E-state index contributed by atoms with van der Waals surface area (Å²) < 4.78 is 0. The fraction of sp³-hybridized carbons (Fsp3) is 0.417. The van der Waals surface area contributed by atoms with Crippen LogP contribution in [0.2, 0.25) is 0 Å². The number of aliphatic imine (C=N–C) groups is 1. The van der Waals surface area contributed by atoms with Crippen LogP contribution in [0.15, 0.2) is 29.5 Å². The third-order valence-electron chi connectivity index (χ3n) is 2.74. The van der Waals surface area contributed by atoms with E-state index in [9.17, 15) is 0 Å². The zero-order valence-electron chi connectivity index (χ0n) is 10.1. The molecule has 0 spiro atoms. The van der Waals surface area contributed by atoms with E-state index < -0.39 is 0 Å². The molecule has 1 aromatic rings. The van der Waals surface area contributed by atoms with Gasteiger partial charge in [0.15, 0.2) is 6.19 Å². The summed E-state index contributed by atoms with van der Waals surface area (Å²) in [5.74, 6) is 0.649. The Hall–Kier alpha value is -2.13. The van der Waals surface area contributed by atoms with Crippen LogP contribution >= 0.6 is 0 Å². The van der Waals surface area contributed by atoms with Crippen molar-refractivity contribution in [2.24, 2.45) is 4.99 Å². The van der Waals surface area contributed by atoms with E-state index >= 15 is 0 Å². The summed E-state index contributed by atoms with van der Waals surface area (Å²) in [5.41, 5.74) is 1.08. The molecule has 6 nitrogen and oxygen atoms in total. The van der Waals surface area contributed by atoms with Gasteiger partial charge in [0, 0.05) is 38.6 Å². The van der Waals surface area contributed by atoms with Crippen molar-refractivity contribution in [3.8, 4) is 6.19 Å². The number of aromatic nitrogens is 1. The maximum atomic E-state index is 8.77. The topological polar surface area (TPSA) is 76.3 Å². The van der Waals surface area contributed by atoms with Gasteiger partial charge in [-0.3, -0.25) is 10.3 Å². The Labute approximate surface area is 106 Å². The minimum Gasteiger partial charge on any atom is -0.340 e. The fourth-order valence-electron chi connectivity index (χ4n) is 1.80. The number of guanidine groups is 1. The van der Waals surface area contributed by atoms with Crippen LogP contribution in [0.5, 0.6) is 0 Å². The number of nitriles is 1. The molecule has 2 rings (SSSR count). The van der Waals surface area contributed by atoms with Crippen molar-refractivity contribution in [1.29, 1.82) is 5.26 Å². The van der Waals surface area contributed by atoms with Crippen LogP contribution < -0.4 is 10.6 Å². The Morgan fingerprint density at radius 1 is 1.44 bits per heavy atom. The molecule has 2 heterocycles. The monoisotopic (exact) mass is 244 g/mol. The summed E-state index contributed by atoms with van der Waals surface area (Å²) in [6.07, 6.45) is 5.43. The van der Waals surface area contributed by atoms with Crippen LogP contribution in [0.25, 0.3) is 0 Å². The van der Waals surface area contributed by atoms with Crippen molar-refractivity contribution in [1.82, 2.24) is 20.5 Å². The number of nitrogens with one attached hydrogen (secondary N) is 2. The summed E-state index contributed by atoms with van der Waals surface area (Å²) >= 11 is 0. The summed E-state index contributed by atoms with van der Waals surface area (Å²) in [5, 5.41) is 14.7. The lowest BCUT2D eigenvalue weighted by Crippen LogP contribution is -2.50. The predicted molar refractivity (Wildman–Crippen MR) is 68.6 cm³/mol. The first-order chi connectivity index (χ1) is 8.90. The van der Waals surface area contributed by atoms with Gasteiger partial charge in [0.2, 0.25) is 5.96 Å². The van der Waals surface area contributed by atoms with Gasteiger partial charge in [-0.15, -0.1) is 0 Å². The van der Waals surface area contributed by atoms with Crippen LogP contribution in [0.3, 0.4) is 0 Å². The van der Waals surface area contributed by atoms with Crippen LogP contribution in [-0.4, -0.2) is 42.0 Å². The molecule has 1 aliphatic rings. The summed E-state index contributed by atoms with van der Waals surface area (Å²) in [4.78, 5) is 10.5. The number of piperazine rings is 1. The van der Waals surface area contributed by atoms with Gasteiger partial charge < -0.3 is 10.2 Å². The first-order valence-corrected chi connectivity index (χ1v) is 5.94. The molecular formula is C12H16N6. The molecule has 0 aliphatic carbocycles. The third-order valence-corrected chi connectivity index (χ3v) is 2.74. The quantitative estimate of drug-likeness (QED) is 0.329. The average molecular weight is 244 g/mol. The van der Waals surface area contributed by atoms with Crippen molar-refractivity contribution in [3.05, 3.63) is 30.1 Å². The van der Waals surface area contributed by atoms with E-state index in [1.54, 1.807) is 12.4 Å². The maximum Gasteiger partial charge on any atom is 0.207 e. The molecule has 1 aromatic heterocycles. The molecule has 0 radical (unpaired) electrons. The molecule has 1 aliphatic heterocycles. The van der Waals surface area contributed by atoms with Gasteiger partial charge in [0.1, 0.15) is 0 Å². The van der Waals surface area contributed by atoms with E-state index in [1.165, 1.54) is 0 Å². The number of hydrogen-bond donors (Lipinski definition) is 2. The van der Waals surface area contributed by atoms with Gasteiger partial charge >= 0.3 is 0 Å². The molecular weight excluding hydrogens is 228 g/mol. The number of nitrogens with zero attached hydrogens (tertiary/aromatic N) is 4. The lowest BCUT2D eigenvalue weighted by atomic mass is 10.3. The molecule has 0 aromatic carbocycles. The van der Waals surface area contributed by atoms with Crippen LogP contribution in [0, 0.1) is 11.5 Å². The Kier molecular flexibility index (Phi) is 4.50. The molecule has 0 unspecified atom stereocenters. The SMILES string of the molecule is N#CNC(=NCc1ccncc1)N1CCNCC1. The minimum absolute atomic E-state index is 0.552. The highest BCUT2D eigenvalue weighted by molar-refractivity contribution is 5.81. The molecule has 1 fully saturated rings.